The minimum absolute atomic E-state index is 0.528. The maximum atomic E-state index is 6.27. The zero-order valence-electron chi connectivity index (χ0n) is 19.3. The van der Waals surface area contributed by atoms with Crippen molar-refractivity contribution in [1.82, 2.24) is 19.7 Å². The maximum absolute atomic E-state index is 6.27. The molecule has 0 radical (unpaired) electrons. The van der Waals surface area contributed by atoms with Crippen LogP contribution in [-0.4, -0.2) is 19.7 Å². The molecular formula is C28H26N6O. The third-order valence-electron chi connectivity index (χ3n) is 6.56. The van der Waals surface area contributed by atoms with Crippen LogP contribution >= 0.6 is 0 Å². The summed E-state index contributed by atoms with van der Waals surface area (Å²) in [7, 11) is 0. The summed E-state index contributed by atoms with van der Waals surface area (Å²) >= 11 is 0. The van der Waals surface area contributed by atoms with E-state index in [1.807, 2.05) is 22.9 Å². The molecular weight excluding hydrogens is 436 g/mol. The molecule has 7 heteroatoms. The van der Waals surface area contributed by atoms with E-state index in [0.717, 1.165) is 53.7 Å². The van der Waals surface area contributed by atoms with Crippen LogP contribution < -0.4 is 16.2 Å². The highest BCUT2D eigenvalue weighted by atomic mass is 16.5. The zero-order valence-corrected chi connectivity index (χ0v) is 19.3. The predicted molar refractivity (Wildman–Crippen MR) is 138 cm³/mol. The molecule has 0 bridgehead atoms. The molecule has 5 aromatic rings. The zero-order chi connectivity index (χ0) is 23.8. The highest BCUT2D eigenvalue weighted by molar-refractivity contribution is 5.81. The number of fused-ring (bicyclic) bond motifs is 2. The Bertz CT molecular complexity index is 1530. The SMILES string of the molecule is Nc1ccc(N)c(-c2ncc3cnn(-c4ccc(OCc5ccccc5)c5c4CCCC5)c3n2)c1. The topological polar surface area (TPSA) is 105 Å². The lowest BCUT2D eigenvalue weighted by Crippen LogP contribution is -2.12. The van der Waals surface area contributed by atoms with Crippen molar-refractivity contribution in [2.75, 3.05) is 11.5 Å². The van der Waals surface area contributed by atoms with E-state index in [1.165, 1.54) is 11.1 Å². The summed E-state index contributed by atoms with van der Waals surface area (Å²) in [6.07, 6.45) is 7.85. The Hall–Kier alpha value is -4.39. The molecule has 0 aliphatic heterocycles. The van der Waals surface area contributed by atoms with Crippen molar-refractivity contribution in [2.45, 2.75) is 32.3 Å². The average molecular weight is 463 g/mol. The number of benzene rings is 3. The van der Waals surface area contributed by atoms with Crippen LogP contribution in [0.5, 0.6) is 5.75 Å². The average Bonchev–Trinajstić information content (AvgIpc) is 3.32. The monoisotopic (exact) mass is 462 g/mol. The number of anilines is 2. The first-order chi connectivity index (χ1) is 17.2. The van der Waals surface area contributed by atoms with Crippen LogP contribution in [0.25, 0.3) is 28.1 Å². The molecule has 4 N–H and O–H groups in total. The molecule has 1 aliphatic rings. The molecule has 35 heavy (non-hydrogen) atoms. The van der Waals surface area contributed by atoms with Gasteiger partial charge in [-0.25, -0.2) is 14.6 Å². The summed E-state index contributed by atoms with van der Waals surface area (Å²) < 4.78 is 8.18. The van der Waals surface area contributed by atoms with Gasteiger partial charge in [-0.1, -0.05) is 30.3 Å². The van der Waals surface area contributed by atoms with Crippen molar-refractivity contribution < 1.29 is 4.74 Å². The molecule has 0 amide bonds. The van der Waals surface area contributed by atoms with Crippen LogP contribution in [0.3, 0.4) is 0 Å². The standard InChI is InChI=1S/C28H26N6O/c29-20-10-11-24(30)23(14-20)27-31-15-19-16-32-34(28(19)33-27)25-12-13-26(22-9-5-4-8-21(22)25)35-17-18-6-2-1-3-7-18/h1-3,6-7,10-16H,4-5,8-9,17,29-30H2. The minimum Gasteiger partial charge on any atom is -0.489 e. The number of ether oxygens (including phenoxy) is 1. The highest BCUT2D eigenvalue weighted by Gasteiger charge is 2.21. The molecule has 7 nitrogen and oxygen atoms in total. The second-order valence-corrected chi connectivity index (χ2v) is 8.90. The van der Waals surface area contributed by atoms with Gasteiger partial charge in [0.15, 0.2) is 11.5 Å². The first kappa shape index (κ1) is 21.2. The van der Waals surface area contributed by atoms with Crippen LogP contribution in [0.4, 0.5) is 11.4 Å². The fourth-order valence-corrected chi connectivity index (χ4v) is 4.78. The summed E-state index contributed by atoms with van der Waals surface area (Å²) in [5, 5.41) is 5.55. The molecule has 3 aromatic carbocycles. The first-order valence-corrected chi connectivity index (χ1v) is 11.9. The lowest BCUT2D eigenvalue weighted by atomic mass is 9.89. The number of aromatic nitrogens is 4. The van der Waals surface area contributed by atoms with Crippen LogP contribution in [0.15, 0.2) is 73.1 Å². The third-order valence-corrected chi connectivity index (χ3v) is 6.56. The lowest BCUT2D eigenvalue weighted by Gasteiger charge is -2.23. The largest absolute Gasteiger partial charge is 0.489 e. The molecule has 1 aliphatic carbocycles. The van der Waals surface area contributed by atoms with Gasteiger partial charge in [0.2, 0.25) is 0 Å². The van der Waals surface area contributed by atoms with Crippen molar-refractivity contribution in [3.63, 3.8) is 0 Å². The molecule has 0 unspecified atom stereocenters. The molecule has 6 rings (SSSR count). The highest BCUT2D eigenvalue weighted by Crippen LogP contribution is 2.35. The summed E-state index contributed by atoms with van der Waals surface area (Å²) in [6.45, 7) is 0.551. The normalized spacial score (nSPS) is 13.0. The molecule has 0 atom stereocenters. The number of nitrogens with zero attached hydrogens (tertiary/aromatic N) is 4. The maximum Gasteiger partial charge on any atom is 0.166 e. The Morgan fingerprint density at radius 3 is 2.57 bits per heavy atom. The van der Waals surface area contributed by atoms with Crippen LogP contribution in [-0.2, 0) is 19.4 Å². The van der Waals surface area contributed by atoms with Gasteiger partial charge in [-0.2, -0.15) is 5.10 Å². The Balaban J connectivity index is 1.42. The van der Waals surface area contributed by atoms with Crippen molar-refractivity contribution in [1.29, 1.82) is 0 Å². The van der Waals surface area contributed by atoms with E-state index >= 15 is 0 Å². The molecule has 174 valence electrons. The van der Waals surface area contributed by atoms with Gasteiger partial charge in [-0.05, 0) is 72.7 Å². The second-order valence-electron chi connectivity index (χ2n) is 8.90. The van der Waals surface area contributed by atoms with Crippen molar-refractivity contribution >= 4 is 22.4 Å². The number of nitrogen functional groups attached to an aromatic ring is 2. The third kappa shape index (κ3) is 3.95. The van der Waals surface area contributed by atoms with Gasteiger partial charge in [0.05, 0.1) is 17.3 Å². The van der Waals surface area contributed by atoms with Crippen LogP contribution in [0.1, 0.15) is 29.5 Å². The summed E-state index contributed by atoms with van der Waals surface area (Å²) in [5.41, 5.74) is 19.6. The molecule has 0 saturated heterocycles. The van der Waals surface area contributed by atoms with Gasteiger partial charge in [0.25, 0.3) is 0 Å². The molecule has 2 aromatic heterocycles. The summed E-state index contributed by atoms with van der Waals surface area (Å²) in [6, 6.07) is 19.8. The number of nitrogens with two attached hydrogens (primary N) is 2. The van der Waals surface area contributed by atoms with E-state index in [4.69, 9.17) is 21.2 Å². The van der Waals surface area contributed by atoms with Gasteiger partial charge in [0.1, 0.15) is 12.4 Å². The van der Waals surface area contributed by atoms with Crippen molar-refractivity contribution in [3.8, 4) is 22.8 Å². The van der Waals surface area contributed by atoms with E-state index < -0.39 is 0 Å². The minimum atomic E-state index is 0.528. The smallest absolute Gasteiger partial charge is 0.166 e. The number of hydrogen-bond donors (Lipinski definition) is 2. The number of hydrogen-bond acceptors (Lipinski definition) is 6. The molecule has 2 heterocycles. The van der Waals surface area contributed by atoms with E-state index in [1.54, 1.807) is 30.6 Å². The summed E-state index contributed by atoms with van der Waals surface area (Å²) in [4.78, 5) is 9.37. The Labute approximate surface area is 203 Å². The van der Waals surface area contributed by atoms with E-state index in [9.17, 15) is 0 Å². The lowest BCUT2D eigenvalue weighted by molar-refractivity contribution is 0.301. The molecule has 0 fully saturated rings. The Morgan fingerprint density at radius 1 is 0.886 bits per heavy atom. The van der Waals surface area contributed by atoms with E-state index in [0.29, 0.717) is 29.4 Å². The summed E-state index contributed by atoms with van der Waals surface area (Å²) in [5.74, 6) is 1.48. The van der Waals surface area contributed by atoms with Gasteiger partial charge in [-0.15, -0.1) is 0 Å². The molecule has 0 saturated carbocycles. The van der Waals surface area contributed by atoms with Gasteiger partial charge in [0, 0.05) is 23.1 Å². The van der Waals surface area contributed by atoms with Crippen molar-refractivity contribution in [2.24, 2.45) is 0 Å². The Kier molecular flexibility index (Phi) is 5.29. The first-order valence-electron chi connectivity index (χ1n) is 11.9. The fraction of sp³-hybridized carbons (Fsp3) is 0.179. The van der Waals surface area contributed by atoms with Gasteiger partial charge < -0.3 is 16.2 Å². The second kappa shape index (κ2) is 8.76. The molecule has 0 spiro atoms. The Morgan fingerprint density at radius 2 is 1.71 bits per heavy atom. The van der Waals surface area contributed by atoms with Crippen LogP contribution in [0.2, 0.25) is 0 Å². The quantitative estimate of drug-likeness (QED) is 0.352. The van der Waals surface area contributed by atoms with Crippen LogP contribution in [0, 0.1) is 0 Å². The van der Waals surface area contributed by atoms with Gasteiger partial charge in [-0.3, -0.25) is 0 Å². The fourth-order valence-electron chi connectivity index (χ4n) is 4.78. The predicted octanol–water partition coefficient (Wildman–Crippen LogP) is 5.10. The van der Waals surface area contributed by atoms with Crippen molar-refractivity contribution in [3.05, 3.63) is 89.7 Å². The van der Waals surface area contributed by atoms with Gasteiger partial charge >= 0.3 is 0 Å². The van der Waals surface area contributed by atoms with E-state index in [-0.39, 0.29) is 0 Å². The number of rotatable bonds is 5. The van der Waals surface area contributed by atoms with E-state index in [2.05, 4.69) is 34.3 Å².